The highest BCUT2D eigenvalue weighted by atomic mass is 35.5. The minimum absolute atomic E-state index is 0.0377. The number of halogens is 2. The Labute approximate surface area is 152 Å². The quantitative estimate of drug-likeness (QED) is 0.480. The molecule has 0 atom stereocenters. The molecule has 25 heavy (non-hydrogen) atoms. The molecule has 1 amide bonds. The monoisotopic (exact) mass is 377 g/mol. The van der Waals surface area contributed by atoms with Crippen LogP contribution in [0, 0.1) is 0 Å². The van der Waals surface area contributed by atoms with E-state index in [2.05, 4.69) is 10.5 Å². The lowest BCUT2D eigenvalue weighted by atomic mass is 10.2. The summed E-state index contributed by atoms with van der Waals surface area (Å²) >= 11 is 11.6. The van der Waals surface area contributed by atoms with Crippen LogP contribution in [-0.2, 0) is 7.05 Å². The van der Waals surface area contributed by atoms with Gasteiger partial charge in [0.2, 0.25) is 0 Å². The molecule has 0 aliphatic heterocycles. The number of rotatable bonds is 3. The van der Waals surface area contributed by atoms with Crippen molar-refractivity contribution in [2.24, 2.45) is 12.1 Å². The number of carbonyl (C=O) groups is 1. The molecule has 3 aromatic rings. The molecule has 1 aromatic heterocycles. The predicted octanol–water partition coefficient (Wildman–Crippen LogP) is 3.66. The molecule has 128 valence electrons. The summed E-state index contributed by atoms with van der Waals surface area (Å²) in [6.45, 7) is 0. The zero-order chi connectivity index (χ0) is 18.1. The maximum absolute atomic E-state index is 12.3. The second-order valence-electron chi connectivity index (χ2n) is 5.31. The average molecular weight is 378 g/mol. The van der Waals surface area contributed by atoms with E-state index < -0.39 is 11.7 Å². The first-order valence-electron chi connectivity index (χ1n) is 7.18. The SMILES string of the molecule is Cn1c(C(=O)N/N=C/c2cc(Cl)c(O)c(Cl)c2O)cc2ccccc21. The summed E-state index contributed by atoms with van der Waals surface area (Å²) in [6.07, 6.45) is 1.19. The zero-order valence-electron chi connectivity index (χ0n) is 13.0. The molecule has 0 unspecified atom stereocenters. The van der Waals surface area contributed by atoms with Gasteiger partial charge in [-0.1, -0.05) is 41.4 Å². The van der Waals surface area contributed by atoms with Crippen LogP contribution >= 0.6 is 23.2 Å². The van der Waals surface area contributed by atoms with Gasteiger partial charge in [-0.25, -0.2) is 5.43 Å². The fourth-order valence-corrected chi connectivity index (χ4v) is 2.91. The van der Waals surface area contributed by atoms with Gasteiger partial charge < -0.3 is 14.8 Å². The highest BCUT2D eigenvalue weighted by Crippen LogP contribution is 2.40. The third-order valence-corrected chi connectivity index (χ3v) is 4.40. The molecule has 0 aliphatic carbocycles. The van der Waals surface area contributed by atoms with E-state index >= 15 is 0 Å². The molecule has 6 nitrogen and oxygen atoms in total. The summed E-state index contributed by atoms with van der Waals surface area (Å²) < 4.78 is 1.76. The summed E-state index contributed by atoms with van der Waals surface area (Å²) in [7, 11) is 1.78. The van der Waals surface area contributed by atoms with Crippen LogP contribution in [0.25, 0.3) is 10.9 Å². The van der Waals surface area contributed by atoms with Gasteiger partial charge in [-0.15, -0.1) is 0 Å². The van der Waals surface area contributed by atoms with Gasteiger partial charge in [-0.2, -0.15) is 5.10 Å². The molecule has 0 fully saturated rings. The fraction of sp³-hybridized carbons (Fsp3) is 0.0588. The minimum Gasteiger partial charge on any atom is -0.506 e. The van der Waals surface area contributed by atoms with Crippen LogP contribution in [0.3, 0.4) is 0 Å². The highest BCUT2D eigenvalue weighted by molar-refractivity contribution is 6.38. The van der Waals surface area contributed by atoms with Crippen molar-refractivity contribution in [2.75, 3.05) is 0 Å². The lowest BCUT2D eigenvalue weighted by Crippen LogP contribution is -2.20. The first kappa shape index (κ1) is 17.1. The number of phenols is 2. The topological polar surface area (TPSA) is 86.9 Å². The van der Waals surface area contributed by atoms with E-state index in [0.29, 0.717) is 5.69 Å². The highest BCUT2D eigenvalue weighted by Gasteiger charge is 2.14. The molecule has 3 N–H and O–H groups in total. The number of nitrogens with zero attached hydrogens (tertiary/aromatic N) is 2. The first-order chi connectivity index (χ1) is 11.9. The van der Waals surface area contributed by atoms with Crippen LogP contribution in [-0.4, -0.2) is 26.9 Å². The molecule has 8 heteroatoms. The van der Waals surface area contributed by atoms with E-state index in [0.717, 1.165) is 10.9 Å². The van der Waals surface area contributed by atoms with Crippen molar-refractivity contribution in [3.05, 3.63) is 57.7 Å². The molecule has 2 aromatic carbocycles. The standard InChI is InChI=1S/C17H13Cl2N3O3/c1-22-12-5-3-2-4-9(12)7-13(22)17(25)21-20-8-10-6-11(18)16(24)14(19)15(10)23/h2-8,23-24H,1H3,(H,21,25)/b20-8+. The lowest BCUT2D eigenvalue weighted by molar-refractivity contribution is 0.0947. The predicted molar refractivity (Wildman–Crippen MR) is 97.8 cm³/mol. The van der Waals surface area contributed by atoms with Crippen molar-refractivity contribution in [1.82, 2.24) is 9.99 Å². The van der Waals surface area contributed by atoms with E-state index in [9.17, 15) is 15.0 Å². The Morgan fingerprint density at radius 2 is 1.92 bits per heavy atom. The summed E-state index contributed by atoms with van der Waals surface area (Å²) in [5, 5.41) is 23.8. The number of benzene rings is 2. The molecule has 0 bridgehead atoms. The van der Waals surface area contributed by atoms with Crippen molar-refractivity contribution in [3.8, 4) is 11.5 Å². The van der Waals surface area contributed by atoms with Crippen molar-refractivity contribution >= 4 is 46.2 Å². The number of carbonyl (C=O) groups excluding carboxylic acids is 1. The van der Waals surface area contributed by atoms with Crippen LogP contribution in [0.15, 0.2) is 41.5 Å². The maximum atomic E-state index is 12.3. The number of hydrogen-bond acceptors (Lipinski definition) is 4. The van der Waals surface area contributed by atoms with Crippen LogP contribution in [0.5, 0.6) is 11.5 Å². The van der Waals surface area contributed by atoms with Gasteiger partial charge >= 0.3 is 0 Å². The number of phenolic OH excluding ortho intramolecular Hbond substituents is 2. The van der Waals surface area contributed by atoms with Gasteiger partial charge in [0.05, 0.1) is 11.2 Å². The minimum atomic E-state index is -0.419. The Bertz CT molecular complexity index is 1010. The Morgan fingerprint density at radius 1 is 1.20 bits per heavy atom. The van der Waals surface area contributed by atoms with E-state index in [1.165, 1.54) is 12.3 Å². The van der Waals surface area contributed by atoms with Crippen molar-refractivity contribution in [3.63, 3.8) is 0 Å². The number of fused-ring (bicyclic) bond motifs is 1. The third kappa shape index (κ3) is 3.14. The first-order valence-corrected chi connectivity index (χ1v) is 7.93. The Balaban J connectivity index is 1.82. The maximum Gasteiger partial charge on any atom is 0.287 e. The Morgan fingerprint density at radius 3 is 2.64 bits per heavy atom. The van der Waals surface area contributed by atoms with Crippen molar-refractivity contribution in [1.29, 1.82) is 0 Å². The van der Waals surface area contributed by atoms with Crippen LogP contribution in [0.1, 0.15) is 16.1 Å². The van der Waals surface area contributed by atoms with Gasteiger partial charge in [0, 0.05) is 23.5 Å². The number of amides is 1. The number of aryl methyl sites for hydroxylation is 1. The molecule has 0 saturated carbocycles. The molecule has 0 aliphatic rings. The normalized spacial score (nSPS) is 11.3. The molecule has 0 radical (unpaired) electrons. The van der Waals surface area contributed by atoms with Crippen LogP contribution in [0.4, 0.5) is 0 Å². The zero-order valence-corrected chi connectivity index (χ0v) is 14.5. The second-order valence-corrected chi connectivity index (χ2v) is 6.09. The number of nitrogens with one attached hydrogen (secondary N) is 1. The Hall–Kier alpha value is -2.70. The molecule has 0 spiro atoms. The van der Waals surface area contributed by atoms with Crippen LogP contribution in [0.2, 0.25) is 10.0 Å². The van der Waals surface area contributed by atoms with Crippen molar-refractivity contribution in [2.45, 2.75) is 0 Å². The lowest BCUT2D eigenvalue weighted by Gasteiger charge is -2.06. The Kier molecular flexibility index (Phi) is 4.57. The van der Waals surface area contributed by atoms with E-state index in [-0.39, 0.29) is 21.4 Å². The van der Waals surface area contributed by atoms with Crippen LogP contribution < -0.4 is 5.43 Å². The summed E-state index contributed by atoms with van der Waals surface area (Å²) in [5.74, 6) is -1.21. The largest absolute Gasteiger partial charge is 0.506 e. The molecule has 0 saturated heterocycles. The number of aromatic nitrogens is 1. The summed E-state index contributed by atoms with van der Waals surface area (Å²) in [4.78, 5) is 12.3. The molecule has 1 heterocycles. The van der Waals surface area contributed by atoms with Gasteiger partial charge in [-0.3, -0.25) is 4.79 Å². The van der Waals surface area contributed by atoms with Gasteiger partial charge in [0.15, 0.2) is 5.75 Å². The van der Waals surface area contributed by atoms with Crippen molar-refractivity contribution < 1.29 is 15.0 Å². The summed E-state index contributed by atoms with van der Waals surface area (Å²) in [5.41, 5.74) is 3.89. The molecular formula is C17H13Cl2N3O3. The van der Waals surface area contributed by atoms with E-state index in [1.807, 2.05) is 24.3 Å². The van der Waals surface area contributed by atoms with E-state index in [1.54, 1.807) is 17.7 Å². The number of hydrazone groups is 1. The van der Waals surface area contributed by atoms with Gasteiger partial charge in [-0.05, 0) is 18.2 Å². The summed E-state index contributed by atoms with van der Waals surface area (Å²) in [6, 6.07) is 10.6. The number of aromatic hydroxyl groups is 2. The van der Waals surface area contributed by atoms with Gasteiger partial charge in [0.1, 0.15) is 16.5 Å². The fourth-order valence-electron chi connectivity index (χ4n) is 2.44. The van der Waals surface area contributed by atoms with Gasteiger partial charge in [0.25, 0.3) is 5.91 Å². The smallest absolute Gasteiger partial charge is 0.287 e. The second kappa shape index (κ2) is 6.66. The third-order valence-electron chi connectivity index (χ3n) is 3.75. The van der Waals surface area contributed by atoms with E-state index in [4.69, 9.17) is 23.2 Å². The number of hydrogen-bond donors (Lipinski definition) is 3. The number of para-hydroxylation sites is 1. The molecule has 3 rings (SSSR count). The average Bonchev–Trinajstić information content (AvgIpc) is 2.94. The molecular weight excluding hydrogens is 365 g/mol.